The number of aromatic nitrogens is 2. The maximum atomic E-state index is 15.0. The molecule has 3 saturated carbocycles. The van der Waals surface area contributed by atoms with Gasteiger partial charge in [0.25, 0.3) is 23.6 Å². The number of unbranched alkanes of at least 4 members (excludes halogenated alkanes) is 3. The minimum absolute atomic E-state index is 0.0102. The van der Waals surface area contributed by atoms with Crippen LogP contribution in [0.5, 0.6) is 5.75 Å². The van der Waals surface area contributed by atoms with Gasteiger partial charge in [-0.1, -0.05) is 84.8 Å². The predicted molar refractivity (Wildman–Crippen MR) is 295 cm³/mol. The van der Waals surface area contributed by atoms with E-state index in [-0.39, 0.29) is 95.9 Å². The minimum atomic E-state index is -1.11. The number of amides is 8. The van der Waals surface area contributed by atoms with Crippen molar-refractivity contribution in [1.82, 2.24) is 41.0 Å². The largest absolute Gasteiger partial charge is 0.494 e. The van der Waals surface area contributed by atoms with Gasteiger partial charge >= 0.3 is 0 Å². The standard InChI is InChI=1S/C61H76N8O12/c1-5-15-43(53(73)57(77)64-37-23-24-37)65-56(76)52-39-20-14-19-36(39)33-68(52)60(80)42(61(2,3)4)30-48(71)51(34-16-9-8-10-17-34)67-54(74)45-32-62-44(31-63-45)47(70)22-11-6-7-12-27-81-38-28-35-18-13-21-40-50(35)41(29-38)59(79)69(58(40)78)46-25-26-49(72)66-55(46)75/h13,18,21,28-29,31-32,34,36-37,39,42-43,46,51-52H,5-12,14-17,19-20,22-27,30,33H2,1-4H3,(H,64,77)(H,65,76)(H,67,74)(H,66,72,75)/t36-,39-,42+,43-,46?,51-,52-/m0/s1. The summed E-state index contributed by atoms with van der Waals surface area (Å²) in [7, 11) is 0. The highest BCUT2D eigenvalue weighted by Gasteiger charge is 2.53. The van der Waals surface area contributed by atoms with Gasteiger partial charge in [0.2, 0.25) is 29.4 Å². The van der Waals surface area contributed by atoms with E-state index in [9.17, 15) is 52.7 Å². The summed E-state index contributed by atoms with van der Waals surface area (Å²) < 4.78 is 6.07. The van der Waals surface area contributed by atoms with Gasteiger partial charge in [0.1, 0.15) is 29.2 Å². The second-order valence-corrected chi connectivity index (χ2v) is 24.2. The van der Waals surface area contributed by atoms with Gasteiger partial charge in [-0.05, 0) is 111 Å². The lowest BCUT2D eigenvalue weighted by Crippen LogP contribution is -2.57. The average Bonchev–Trinajstić information content (AvgIpc) is 4.11. The van der Waals surface area contributed by atoms with E-state index in [1.165, 1.54) is 12.4 Å². The molecule has 4 N–H and O–H groups in total. The summed E-state index contributed by atoms with van der Waals surface area (Å²) in [4.78, 5) is 160. The van der Waals surface area contributed by atoms with Crippen molar-refractivity contribution in [2.24, 2.45) is 29.1 Å². The van der Waals surface area contributed by atoms with Gasteiger partial charge < -0.3 is 25.6 Å². The van der Waals surface area contributed by atoms with E-state index < -0.39 is 82.6 Å². The normalized spacial score (nSPS) is 22.1. The van der Waals surface area contributed by atoms with Crippen LogP contribution in [-0.4, -0.2) is 128 Å². The molecular formula is C61H76N8O12. The van der Waals surface area contributed by atoms with Crippen molar-refractivity contribution in [3.05, 3.63) is 65.2 Å². The number of ketones is 3. The van der Waals surface area contributed by atoms with E-state index in [1.807, 2.05) is 27.7 Å². The maximum absolute atomic E-state index is 15.0. The predicted octanol–water partition coefficient (Wildman–Crippen LogP) is 6.30. The van der Waals surface area contributed by atoms with Crippen molar-refractivity contribution in [3.63, 3.8) is 0 Å². The lowest BCUT2D eigenvalue weighted by atomic mass is 9.74. The minimum Gasteiger partial charge on any atom is -0.494 e. The van der Waals surface area contributed by atoms with Gasteiger partial charge in [0, 0.05) is 48.7 Å². The first-order chi connectivity index (χ1) is 38.8. The number of hydrogen-bond donors (Lipinski definition) is 4. The molecule has 0 radical (unpaired) electrons. The molecule has 7 atom stereocenters. The molecule has 2 saturated heterocycles. The number of carbonyl (C=O) groups is 11. The lowest BCUT2D eigenvalue weighted by Gasteiger charge is -2.37. The Morgan fingerprint density at radius 3 is 2.23 bits per heavy atom. The molecule has 432 valence electrons. The lowest BCUT2D eigenvalue weighted by molar-refractivity contribution is -0.148. The van der Waals surface area contributed by atoms with Crippen molar-refractivity contribution in [2.45, 2.75) is 186 Å². The molecule has 1 unspecified atom stereocenters. The van der Waals surface area contributed by atoms with Crippen LogP contribution in [0.2, 0.25) is 0 Å². The highest BCUT2D eigenvalue weighted by Crippen LogP contribution is 2.45. The Bertz CT molecular complexity index is 2980. The summed E-state index contributed by atoms with van der Waals surface area (Å²) in [6.07, 6.45) is 14.3. The molecule has 3 aromatic rings. The number of hydrogen-bond acceptors (Lipinski definition) is 14. The Kier molecular flexibility index (Phi) is 18.2. The molecule has 3 aliphatic heterocycles. The number of nitrogens with one attached hydrogen (secondary N) is 4. The van der Waals surface area contributed by atoms with Crippen molar-refractivity contribution < 1.29 is 57.5 Å². The fourth-order valence-electron chi connectivity index (χ4n) is 12.8. The molecule has 4 heterocycles. The molecular weight excluding hydrogens is 1040 g/mol. The molecule has 0 bridgehead atoms. The average molecular weight is 1110 g/mol. The fourth-order valence-corrected chi connectivity index (χ4v) is 12.8. The van der Waals surface area contributed by atoms with Gasteiger partial charge in [0.15, 0.2) is 11.6 Å². The summed E-state index contributed by atoms with van der Waals surface area (Å²) in [5.74, 6) is -6.37. The van der Waals surface area contributed by atoms with E-state index in [0.717, 1.165) is 62.7 Å². The second-order valence-electron chi connectivity index (χ2n) is 24.2. The first-order valence-corrected chi connectivity index (χ1v) is 29.4. The number of nitrogens with zero attached hydrogens (tertiary/aromatic N) is 4. The zero-order chi connectivity index (χ0) is 57.7. The topological polar surface area (TPSA) is 277 Å². The van der Waals surface area contributed by atoms with Crippen molar-refractivity contribution >= 4 is 75.4 Å². The molecule has 6 aliphatic rings. The molecule has 2 aromatic carbocycles. The van der Waals surface area contributed by atoms with Crippen LogP contribution in [0.3, 0.4) is 0 Å². The highest BCUT2D eigenvalue weighted by molar-refractivity contribution is 6.38. The van der Waals surface area contributed by atoms with Crippen LogP contribution < -0.4 is 26.0 Å². The second kappa shape index (κ2) is 25.3. The highest BCUT2D eigenvalue weighted by atomic mass is 16.5. The van der Waals surface area contributed by atoms with Gasteiger partial charge in [-0.3, -0.25) is 63.0 Å². The van der Waals surface area contributed by atoms with E-state index in [4.69, 9.17) is 4.74 Å². The number of carbonyl (C=O) groups excluding carboxylic acids is 11. The first-order valence-electron chi connectivity index (χ1n) is 29.4. The molecule has 81 heavy (non-hydrogen) atoms. The van der Waals surface area contributed by atoms with E-state index in [2.05, 4.69) is 31.2 Å². The van der Waals surface area contributed by atoms with Gasteiger partial charge in [0.05, 0.1) is 36.6 Å². The molecule has 3 aliphatic carbocycles. The van der Waals surface area contributed by atoms with Gasteiger partial charge in [-0.25, -0.2) is 9.97 Å². The first kappa shape index (κ1) is 58.4. The summed E-state index contributed by atoms with van der Waals surface area (Å²) in [5, 5.41) is 11.9. The molecule has 20 heteroatoms. The Labute approximate surface area is 471 Å². The Hall–Kier alpha value is -7.25. The Morgan fingerprint density at radius 1 is 0.802 bits per heavy atom. The van der Waals surface area contributed by atoms with Crippen LogP contribution in [0, 0.1) is 29.1 Å². The Morgan fingerprint density at radius 2 is 1.53 bits per heavy atom. The third-order valence-electron chi connectivity index (χ3n) is 17.4. The molecule has 5 fully saturated rings. The Balaban J connectivity index is 0.776. The van der Waals surface area contributed by atoms with Crippen LogP contribution >= 0.6 is 0 Å². The SMILES string of the molecule is CCC[C@H](NC(=O)[C@@H]1[C@H]2CCC[C@H]2CN1C(=O)[C@@H](CC(=O)[C@@H](NC(=O)c1cnc(C(=O)CCCCCCOc2cc3c4c(cccc4c2)C(=O)N(C2CCC(=O)NC2=O)C3=O)cn1)C1CCCCC1)C(C)(C)C)C(=O)C(=O)NC1CC1. The van der Waals surface area contributed by atoms with Crippen molar-refractivity contribution in [1.29, 1.82) is 0 Å². The number of fused-ring (bicyclic) bond motifs is 1. The van der Waals surface area contributed by atoms with Crippen LogP contribution in [-0.2, 0) is 33.6 Å². The van der Waals surface area contributed by atoms with Crippen molar-refractivity contribution in [3.8, 4) is 5.75 Å². The van der Waals surface area contributed by atoms with Crippen LogP contribution in [0.15, 0.2) is 42.7 Å². The maximum Gasteiger partial charge on any atom is 0.289 e. The monoisotopic (exact) mass is 1110 g/mol. The molecule has 9 rings (SSSR count). The van der Waals surface area contributed by atoms with Crippen LogP contribution in [0.1, 0.15) is 198 Å². The zero-order valence-electron chi connectivity index (χ0n) is 47.0. The zero-order valence-corrected chi connectivity index (χ0v) is 47.0. The van der Waals surface area contributed by atoms with Gasteiger partial charge in [-0.15, -0.1) is 0 Å². The number of imide groups is 2. The van der Waals surface area contributed by atoms with Crippen LogP contribution in [0.25, 0.3) is 10.8 Å². The summed E-state index contributed by atoms with van der Waals surface area (Å²) in [6.45, 7) is 8.22. The molecule has 0 spiro atoms. The van der Waals surface area contributed by atoms with Crippen molar-refractivity contribution in [2.75, 3.05) is 13.2 Å². The van der Waals surface area contributed by atoms with Gasteiger partial charge in [-0.2, -0.15) is 0 Å². The summed E-state index contributed by atoms with van der Waals surface area (Å²) >= 11 is 0. The molecule has 8 amide bonds. The summed E-state index contributed by atoms with van der Waals surface area (Å²) in [6, 6.07) is 4.49. The molecule has 1 aromatic heterocycles. The smallest absolute Gasteiger partial charge is 0.289 e. The summed E-state index contributed by atoms with van der Waals surface area (Å²) in [5.41, 5.74) is -0.167. The number of Topliss-reactive ketones (excluding diaryl/α,β-unsaturated/α-hetero) is 3. The number of ether oxygens (including phenoxy) is 1. The number of likely N-dealkylation sites (tertiary alicyclic amines) is 1. The molecule has 20 nitrogen and oxygen atoms in total. The quantitative estimate of drug-likeness (QED) is 0.0332. The fraction of sp³-hybridized carbons (Fsp3) is 0.590. The third-order valence-corrected chi connectivity index (χ3v) is 17.4. The van der Waals surface area contributed by atoms with E-state index in [0.29, 0.717) is 68.2 Å². The van der Waals surface area contributed by atoms with E-state index >= 15 is 0 Å². The van der Waals surface area contributed by atoms with Crippen LogP contribution in [0.4, 0.5) is 0 Å². The van der Waals surface area contributed by atoms with E-state index in [1.54, 1.807) is 35.2 Å². The third kappa shape index (κ3) is 13.3. The number of rotatable bonds is 24. The number of benzene rings is 2. The number of piperidine rings is 1.